The fraction of sp³-hybridized carbons (Fsp3) is 0.167. The standard InChI is InChI=1S/C18H15ClFN3O2S/c1-23-16(13-5-3-4-6-15(13)19)21-22-18(23)26-10-11-7-8-12(20)9-14(11)17(24)25-2/h3-9H,10H2,1-2H3. The molecule has 5 nitrogen and oxygen atoms in total. The monoisotopic (exact) mass is 391 g/mol. The minimum atomic E-state index is -0.574. The van der Waals surface area contributed by atoms with Gasteiger partial charge in [0.15, 0.2) is 11.0 Å². The SMILES string of the molecule is COC(=O)c1cc(F)ccc1CSc1nnc(-c2ccccc2Cl)n1C. The molecule has 0 bridgehead atoms. The van der Waals surface area contributed by atoms with Crippen LogP contribution in [0.25, 0.3) is 11.4 Å². The van der Waals surface area contributed by atoms with Crippen molar-refractivity contribution >= 4 is 29.3 Å². The summed E-state index contributed by atoms with van der Waals surface area (Å²) in [6, 6.07) is 11.4. The summed E-state index contributed by atoms with van der Waals surface area (Å²) in [7, 11) is 3.11. The van der Waals surface area contributed by atoms with Crippen molar-refractivity contribution in [3.05, 3.63) is 64.4 Å². The number of carbonyl (C=O) groups excluding carboxylic acids is 1. The quantitative estimate of drug-likeness (QED) is 0.478. The Balaban J connectivity index is 1.84. The van der Waals surface area contributed by atoms with Crippen LogP contribution >= 0.6 is 23.4 Å². The highest BCUT2D eigenvalue weighted by Gasteiger charge is 2.17. The third kappa shape index (κ3) is 3.73. The molecular weight excluding hydrogens is 377 g/mol. The second-order valence-corrected chi connectivity index (χ2v) is 6.78. The summed E-state index contributed by atoms with van der Waals surface area (Å²) in [4.78, 5) is 11.8. The van der Waals surface area contributed by atoms with Gasteiger partial charge in [-0.25, -0.2) is 9.18 Å². The molecule has 1 aromatic heterocycles. The van der Waals surface area contributed by atoms with E-state index in [0.29, 0.717) is 27.3 Å². The average molecular weight is 392 g/mol. The molecule has 0 saturated heterocycles. The number of halogens is 2. The Labute approximate surface area is 159 Å². The molecule has 1 heterocycles. The van der Waals surface area contributed by atoms with Gasteiger partial charge in [0.2, 0.25) is 0 Å². The summed E-state index contributed by atoms with van der Waals surface area (Å²) in [6.45, 7) is 0. The number of carbonyl (C=O) groups is 1. The van der Waals surface area contributed by atoms with Gasteiger partial charge in [-0.05, 0) is 29.8 Å². The number of nitrogens with zero attached hydrogens (tertiary/aromatic N) is 3. The number of ether oxygens (including phenoxy) is 1. The van der Waals surface area contributed by atoms with Gasteiger partial charge < -0.3 is 9.30 Å². The van der Waals surface area contributed by atoms with Crippen molar-refractivity contribution in [1.82, 2.24) is 14.8 Å². The lowest BCUT2D eigenvalue weighted by molar-refractivity contribution is 0.0599. The van der Waals surface area contributed by atoms with Crippen LogP contribution in [-0.4, -0.2) is 27.8 Å². The average Bonchev–Trinajstić information content (AvgIpc) is 3.01. The molecule has 0 aliphatic carbocycles. The Morgan fingerprint density at radius 2 is 2.04 bits per heavy atom. The van der Waals surface area contributed by atoms with Crippen molar-refractivity contribution in [3.63, 3.8) is 0 Å². The fourth-order valence-corrected chi connectivity index (χ4v) is 3.57. The second kappa shape index (κ2) is 7.88. The molecule has 0 N–H and O–H groups in total. The first-order chi connectivity index (χ1) is 12.5. The Morgan fingerprint density at radius 1 is 1.27 bits per heavy atom. The van der Waals surface area contributed by atoms with Crippen molar-refractivity contribution in [2.45, 2.75) is 10.9 Å². The molecule has 3 rings (SSSR count). The van der Waals surface area contributed by atoms with E-state index in [1.165, 1.54) is 31.0 Å². The van der Waals surface area contributed by atoms with Crippen LogP contribution in [0.15, 0.2) is 47.6 Å². The molecule has 2 aromatic carbocycles. The summed E-state index contributed by atoms with van der Waals surface area (Å²) < 4.78 is 20.0. The van der Waals surface area contributed by atoms with E-state index < -0.39 is 11.8 Å². The van der Waals surface area contributed by atoms with Gasteiger partial charge in [0, 0.05) is 18.4 Å². The topological polar surface area (TPSA) is 57.0 Å². The van der Waals surface area contributed by atoms with Gasteiger partial charge in [-0.3, -0.25) is 0 Å². The van der Waals surface area contributed by atoms with E-state index in [9.17, 15) is 9.18 Å². The van der Waals surface area contributed by atoms with Crippen molar-refractivity contribution in [2.75, 3.05) is 7.11 Å². The largest absolute Gasteiger partial charge is 0.465 e. The summed E-state index contributed by atoms with van der Waals surface area (Å²) in [6.07, 6.45) is 0. The summed E-state index contributed by atoms with van der Waals surface area (Å²) in [5.74, 6) is -0.00168. The molecule has 0 aliphatic rings. The van der Waals surface area contributed by atoms with Crippen LogP contribution < -0.4 is 0 Å². The number of aromatic nitrogens is 3. The molecule has 0 spiro atoms. The maximum atomic E-state index is 13.4. The molecule has 0 saturated carbocycles. The Morgan fingerprint density at radius 3 is 2.77 bits per heavy atom. The number of esters is 1. The number of thioether (sulfide) groups is 1. The molecule has 0 atom stereocenters. The second-order valence-electron chi connectivity index (χ2n) is 5.43. The minimum absolute atomic E-state index is 0.202. The fourth-order valence-electron chi connectivity index (χ4n) is 2.43. The molecule has 0 radical (unpaired) electrons. The highest BCUT2D eigenvalue weighted by atomic mass is 35.5. The van der Waals surface area contributed by atoms with Crippen LogP contribution in [0.5, 0.6) is 0 Å². The maximum absolute atomic E-state index is 13.4. The first-order valence-corrected chi connectivity index (χ1v) is 9.01. The van der Waals surface area contributed by atoms with E-state index in [1.54, 1.807) is 12.1 Å². The molecule has 0 amide bonds. The molecule has 134 valence electrons. The Hall–Kier alpha value is -2.38. The predicted octanol–water partition coefficient (Wildman–Crippen LogP) is 4.35. The lowest BCUT2D eigenvalue weighted by Gasteiger charge is -2.08. The van der Waals surface area contributed by atoms with Gasteiger partial charge in [0.1, 0.15) is 5.82 Å². The van der Waals surface area contributed by atoms with E-state index >= 15 is 0 Å². The number of hydrogen-bond acceptors (Lipinski definition) is 5. The summed E-state index contributed by atoms with van der Waals surface area (Å²) in [5, 5.41) is 9.63. The summed E-state index contributed by atoms with van der Waals surface area (Å²) in [5.41, 5.74) is 1.65. The van der Waals surface area contributed by atoms with E-state index in [1.807, 2.05) is 29.8 Å². The normalized spacial score (nSPS) is 10.8. The third-order valence-electron chi connectivity index (χ3n) is 3.78. The number of rotatable bonds is 5. The van der Waals surface area contributed by atoms with Crippen LogP contribution in [0.4, 0.5) is 4.39 Å². The lowest BCUT2D eigenvalue weighted by Crippen LogP contribution is -2.06. The highest BCUT2D eigenvalue weighted by Crippen LogP contribution is 2.30. The zero-order valence-corrected chi connectivity index (χ0v) is 15.6. The maximum Gasteiger partial charge on any atom is 0.338 e. The van der Waals surface area contributed by atoms with Gasteiger partial charge in [0.05, 0.1) is 17.7 Å². The molecule has 0 aliphatic heterocycles. The zero-order chi connectivity index (χ0) is 18.7. The molecule has 0 fully saturated rings. The van der Waals surface area contributed by atoms with Crippen LogP contribution in [-0.2, 0) is 17.5 Å². The van der Waals surface area contributed by atoms with Crippen LogP contribution in [0.3, 0.4) is 0 Å². The molecule has 3 aromatic rings. The van der Waals surface area contributed by atoms with Gasteiger partial charge in [-0.2, -0.15) is 0 Å². The van der Waals surface area contributed by atoms with E-state index in [4.69, 9.17) is 16.3 Å². The van der Waals surface area contributed by atoms with E-state index in [0.717, 1.165) is 5.56 Å². The van der Waals surface area contributed by atoms with Crippen LogP contribution in [0.2, 0.25) is 5.02 Å². The van der Waals surface area contributed by atoms with Crippen molar-refractivity contribution in [3.8, 4) is 11.4 Å². The lowest BCUT2D eigenvalue weighted by atomic mass is 10.1. The molecule has 8 heteroatoms. The van der Waals surface area contributed by atoms with Crippen molar-refractivity contribution in [2.24, 2.45) is 7.05 Å². The predicted molar refractivity (Wildman–Crippen MR) is 98.7 cm³/mol. The van der Waals surface area contributed by atoms with Gasteiger partial charge in [0.25, 0.3) is 0 Å². The molecule has 26 heavy (non-hydrogen) atoms. The minimum Gasteiger partial charge on any atom is -0.465 e. The Kier molecular flexibility index (Phi) is 5.58. The summed E-state index contributed by atoms with van der Waals surface area (Å²) >= 11 is 7.61. The van der Waals surface area contributed by atoms with Crippen molar-refractivity contribution in [1.29, 1.82) is 0 Å². The van der Waals surface area contributed by atoms with Crippen molar-refractivity contribution < 1.29 is 13.9 Å². The Bertz CT molecular complexity index is 961. The van der Waals surface area contributed by atoms with Gasteiger partial charge >= 0.3 is 5.97 Å². The number of benzene rings is 2. The first-order valence-electron chi connectivity index (χ1n) is 7.65. The number of hydrogen-bond donors (Lipinski definition) is 0. The van der Waals surface area contributed by atoms with E-state index in [-0.39, 0.29) is 5.56 Å². The van der Waals surface area contributed by atoms with Gasteiger partial charge in [-0.1, -0.05) is 41.6 Å². The number of methoxy groups -OCH3 is 1. The zero-order valence-electron chi connectivity index (χ0n) is 14.1. The third-order valence-corrected chi connectivity index (χ3v) is 5.18. The molecular formula is C18H15ClFN3O2S. The van der Waals surface area contributed by atoms with E-state index in [2.05, 4.69) is 10.2 Å². The highest BCUT2D eigenvalue weighted by molar-refractivity contribution is 7.98. The first kappa shape index (κ1) is 18.4. The van der Waals surface area contributed by atoms with Crippen LogP contribution in [0.1, 0.15) is 15.9 Å². The van der Waals surface area contributed by atoms with Gasteiger partial charge in [-0.15, -0.1) is 10.2 Å². The smallest absolute Gasteiger partial charge is 0.338 e. The molecule has 0 unspecified atom stereocenters. The van der Waals surface area contributed by atoms with Crippen LogP contribution in [0, 0.1) is 5.82 Å².